The molecular formula is C45H91NO5. The standard InChI is InChI=1S/C45H91NO5/c1-4-6-8-10-12-14-16-18-20-22-24-26-28-30-32-34-37-44(43-51-45(47)46-38-36-39-49-42-41-48-3)50-40-35-33-31-29-27-25-23-21-19-17-15-13-11-9-7-5-2/h44H,4-43H2,1-3H3,(H,46,47). The van der Waals surface area contributed by atoms with Crippen LogP contribution in [0.4, 0.5) is 4.79 Å². The van der Waals surface area contributed by atoms with E-state index in [4.69, 9.17) is 18.9 Å². The molecular weight excluding hydrogens is 634 g/mol. The van der Waals surface area contributed by atoms with Crippen LogP contribution in [0.2, 0.25) is 0 Å². The summed E-state index contributed by atoms with van der Waals surface area (Å²) in [5.41, 5.74) is 0. The minimum Gasteiger partial charge on any atom is -0.447 e. The van der Waals surface area contributed by atoms with Gasteiger partial charge in [0, 0.05) is 26.9 Å². The molecule has 0 aromatic heterocycles. The van der Waals surface area contributed by atoms with Gasteiger partial charge in [-0.2, -0.15) is 0 Å². The summed E-state index contributed by atoms with van der Waals surface area (Å²) in [5.74, 6) is 0. The highest BCUT2D eigenvalue weighted by atomic mass is 16.6. The largest absolute Gasteiger partial charge is 0.447 e. The summed E-state index contributed by atoms with van der Waals surface area (Å²) in [6.45, 7) is 8.03. The van der Waals surface area contributed by atoms with E-state index in [2.05, 4.69) is 19.2 Å². The molecule has 0 aliphatic carbocycles. The van der Waals surface area contributed by atoms with Gasteiger partial charge in [-0.25, -0.2) is 4.79 Å². The first-order chi connectivity index (χ1) is 25.2. The molecule has 6 heteroatoms. The number of unbranched alkanes of at least 4 members (excludes halogenated alkanes) is 30. The molecule has 0 radical (unpaired) electrons. The average Bonchev–Trinajstić information content (AvgIpc) is 3.14. The van der Waals surface area contributed by atoms with Crippen LogP contribution >= 0.6 is 0 Å². The Morgan fingerprint density at radius 3 is 1.25 bits per heavy atom. The molecule has 0 aromatic carbocycles. The second-order valence-corrected chi connectivity index (χ2v) is 15.4. The van der Waals surface area contributed by atoms with Gasteiger partial charge in [0.2, 0.25) is 0 Å². The normalized spacial score (nSPS) is 12.1. The highest BCUT2D eigenvalue weighted by Gasteiger charge is 2.13. The Hall–Kier alpha value is -0.850. The molecule has 0 rings (SSSR count). The van der Waals surface area contributed by atoms with Crippen LogP contribution in [0.1, 0.15) is 232 Å². The van der Waals surface area contributed by atoms with E-state index in [-0.39, 0.29) is 12.2 Å². The topological polar surface area (TPSA) is 66.0 Å². The van der Waals surface area contributed by atoms with E-state index in [9.17, 15) is 4.79 Å². The summed E-state index contributed by atoms with van der Waals surface area (Å²) in [5, 5.41) is 2.85. The number of hydrogen-bond donors (Lipinski definition) is 1. The van der Waals surface area contributed by atoms with Crippen molar-refractivity contribution in [2.45, 2.75) is 238 Å². The molecule has 1 atom stereocenters. The number of alkyl carbamates (subject to hydrolysis) is 1. The summed E-state index contributed by atoms with van der Waals surface area (Å²) in [6, 6.07) is 0. The molecule has 306 valence electrons. The van der Waals surface area contributed by atoms with Crippen LogP contribution < -0.4 is 5.32 Å². The van der Waals surface area contributed by atoms with E-state index < -0.39 is 0 Å². The van der Waals surface area contributed by atoms with Gasteiger partial charge >= 0.3 is 6.09 Å². The smallest absolute Gasteiger partial charge is 0.407 e. The molecule has 0 saturated carbocycles. The van der Waals surface area contributed by atoms with E-state index in [1.165, 1.54) is 193 Å². The molecule has 6 nitrogen and oxygen atoms in total. The molecule has 0 spiro atoms. The van der Waals surface area contributed by atoms with Crippen LogP contribution in [0.5, 0.6) is 0 Å². The van der Waals surface area contributed by atoms with Crippen molar-refractivity contribution >= 4 is 6.09 Å². The zero-order valence-electron chi connectivity index (χ0n) is 34.9. The van der Waals surface area contributed by atoms with E-state index in [1.54, 1.807) is 7.11 Å². The molecule has 0 bridgehead atoms. The Bertz CT molecular complexity index is 648. The Kier molecular flexibility index (Phi) is 44.6. The molecule has 0 heterocycles. The zero-order chi connectivity index (χ0) is 37.0. The summed E-state index contributed by atoms with van der Waals surface area (Å²) >= 11 is 0. The minimum atomic E-state index is -0.352. The van der Waals surface area contributed by atoms with Gasteiger partial charge in [0.15, 0.2) is 0 Å². The Balaban J connectivity index is 3.98. The number of carbonyl (C=O) groups is 1. The van der Waals surface area contributed by atoms with E-state index in [1.807, 2.05) is 0 Å². The maximum Gasteiger partial charge on any atom is 0.407 e. The Morgan fingerprint density at radius 1 is 0.451 bits per heavy atom. The van der Waals surface area contributed by atoms with Crippen molar-refractivity contribution in [2.75, 3.05) is 46.7 Å². The van der Waals surface area contributed by atoms with Crippen molar-refractivity contribution in [3.8, 4) is 0 Å². The monoisotopic (exact) mass is 726 g/mol. The van der Waals surface area contributed by atoms with Gasteiger partial charge in [-0.05, 0) is 19.3 Å². The van der Waals surface area contributed by atoms with Gasteiger partial charge in [-0.3, -0.25) is 0 Å². The molecule has 0 aromatic rings. The van der Waals surface area contributed by atoms with Crippen molar-refractivity contribution in [1.82, 2.24) is 5.32 Å². The third-order valence-electron chi connectivity index (χ3n) is 10.3. The second kappa shape index (κ2) is 45.3. The highest BCUT2D eigenvalue weighted by Crippen LogP contribution is 2.17. The third-order valence-corrected chi connectivity index (χ3v) is 10.3. The fraction of sp³-hybridized carbons (Fsp3) is 0.978. The molecule has 0 saturated heterocycles. The van der Waals surface area contributed by atoms with E-state index in [0.29, 0.717) is 33.0 Å². The lowest BCUT2D eigenvalue weighted by atomic mass is 10.0. The second-order valence-electron chi connectivity index (χ2n) is 15.4. The summed E-state index contributed by atoms with van der Waals surface area (Å²) in [6.07, 6.45) is 45.4. The third kappa shape index (κ3) is 43.4. The van der Waals surface area contributed by atoms with Gasteiger partial charge in [0.05, 0.1) is 19.3 Å². The first-order valence-electron chi connectivity index (χ1n) is 22.8. The van der Waals surface area contributed by atoms with E-state index in [0.717, 1.165) is 32.3 Å². The van der Waals surface area contributed by atoms with Crippen LogP contribution in [-0.2, 0) is 18.9 Å². The minimum absolute atomic E-state index is 0.00360. The lowest BCUT2D eigenvalue weighted by Crippen LogP contribution is -2.30. The van der Waals surface area contributed by atoms with Crippen LogP contribution in [0.15, 0.2) is 0 Å². The SMILES string of the molecule is CCCCCCCCCCCCCCCCCCOC(CCCCCCCCCCCCCCCCCC)COC(=O)NCCCOCCOC. The molecule has 1 unspecified atom stereocenters. The predicted molar refractivity (Wildman–Crippen MR) is 220 cm³/mol. The lowest BCUT2D eigenvalue weighted by molar-refractivity contribution is -0.00222. The molecule has 0 aliphatic heterocycles. The molecule has 1 amide bonds. The quantitative estimate of drug-likeness (QED) is 0.0634. The summed E-state index contributed by atoms with van der Waals surface area (Å²) in [7, 11) is 1.67. The lowest BCUT2D eigenvalue weighted by Gasteiger charge is -2.18. The predicted octanol–water partition coefficient (Wildman–Crippen LogP) is 14.1. The number of amides is 1. The maximum absolute atomic E-state index is 12.3. The number of ether oxygens (including phenoxy) is 4. The van der Waals surface area contributed by atoms with Gasteiger partial charge in [-0.15, -0.1) is 0 Å². The Morgan fingerprint density at radius 2 is 0.843 bits per heavy atom. The number of nitrogens with one attached hydrogen (secondary N) is 1. The van der Waals surface area contributed by atoms with E-state index >= 15 is 0 Å². The van der Waals surface area contributed by atoms with Crippen molar-refractivity contribution in [3.63, 3.8) is 0 Å². The van der Waals surface area contributed by atoms with Crippen LogP contribution in [0.25, 0.3) is 0 Å². The average molecular weight is 726 g/mol. The van der Waals surface area contributed by atoms with Crippen LogP contribution in [0.3, 0.4) is 0 Å². The molecule has 1 N–H and O–H groups in total. The summed E-state index contributed by atoms with van der Waals surface area (Å²) in [4.78, 5) is 12.3. The van der Waals surface area contributed by atoms with Crippen molar-refractivity contribution in [1.29, 1.82) is 0 Å². The first-order valence-corrected chi connectivity index (χ1v) is 22.8. The zero-order valence-corrected chi connectivity index (χ0v) is 34.9. The van der Waals surface area contributed by atoms with Gasteiger partial charge in [0.25, 0.3) is 0 Å². The fourth-order valence-corrected chi connectivity index (χ4v) is 6.86. The Labute approximate surface area is 319 Å². The highest BCUT2D eigenvalue weighted by molar-refractivity contribution is 5.67. The maximum atomic E-state index is 12.3. The number of hydrogen-bond acceptors (Lipinski definition) is 5. The van der Waals surface area contributed by atoms with Crippen molar-refractivity contribution in [2.24, 2.45) is 0 Å². The number of rotatable bonds is 44. The number of methoxy groups -OCH3 is 1. The summed E-state index contributed by atoms with van der Waals surface area (Å²) < 4.78 is 22.3. The molecule has 0 fully saturated rings. The van der Waals surface area contributed by atoms with Crippen molar-refractivity contribution < 1.29 is 23.7 Å². The van der Waals surface area contributed by atoms with Gasteiger partial charge < -0.3 is 24.3 Å². The fourth-order valence-electron chi connectivity index (χ4n) is 6.86. The first kappa shape index (κ1) is 50.1. The molecule has 51 heavy (non-hydrogen) atoms. The van der Waals surface area contributed by atoms with Crippen LogP contribution in [-0.4, -0.2) is 58.9 Å². The number of carbonyl (C=O) groups excluding carboxylic acids is 1. The molecule has 0 aliphatic rings. The van der Waals surface area contributed by atoms with Gasteiger partial charge in [0.1, 0.15) is 6.61 Å². The van der Waals surface area contributed by atoms with Crippen LogP contribution in [0, 0.1) is 0 Å². The van der Waals surface area contributed by atoms with Crippen molar-refractivity contribution in [3.05, 3.63) is 0 Å². The van der Waals surface area contributed by atoms with Gasteiger partial charge in [-0.1, -0.05) is 213 Å².